The predicted octanol–water partition coefficient (Wildman–Crippen LogP) is -0.759. The molecule has 96 valence electrons. The summed E-state index contributed by atoms with van der Waals surface area (Å²) < 4.78 is 27.1. The molecule has 1 aliphatic heterocycles. The quantitative estimate of drug-likeness (QED) is 0.744. The Kier molecular flexibility index (Phi) is 3.11. The van der Waals surface area contributed by atoms with Crippen molar-refractivity contribution in [1.29, 1.82) is 0 Å². The van der Waals surface area contributed by atoms with Gasteiger partial charge in [0.1, 0.15) is 4.90 Å². The molecule has 1 unspecified atom stereocenters. The highest BCUT2D eigenvalue weighted by molar-refractivity contribution is 7.89. The molecule has 1 aliphatic rings. The minimum absolute atomic E-state index is 0.00763. The molecule has 0 saturated carbocycles. The molecule has 1 fully saturated rings. The molecule has 2 heterocycles. The highest BCUT2D eigenvalue weighted by Gasteiger charge is 2.34. The Labute approximate surface area is 99.9 Å². The average molecular weight is 260 g/mol. The number of nitrogens with two attached hydrogens (primary N) is 1. The normalized spacial score (nSPS) is 22.1. The molecule has 0 amide bonds. The molecule has 8 heteroatoms. The summed E-state index contributed by atoms with van der Waals surface area (Å²) in [5.41, 5.74) is 5.61. The zero-order valence-corrected chi connectivity index (χ0v) is 10.4. The van der Waals surface area contributed by atoms with Gasteiger partial charge in [-0.05, 0) is 13.3 Å². The van der Waals surface area contributed by atoms with Gasteiger partial charge in [-0.1, -0.05) is 0 Å². The first-order chi connectivity index (χ1) is 7.95. The fourth-order valence-corrected chi connectivity index (χ4v) is 3.40. The number of hydrogen-bond acceptors (Lipinski definition) is 5. The number of aliphatic hydroxyl groups excluding tert-OH is 1. The SMILES string of the molecule is CCn1cc(S(=O)(=O)N2CCC(O)C2)c(N)n1. The number of nitrogens with zero attached hydrogens (tertiary/aromatic N) is 3. The van der Waals surface area contributed by atoms with Crippen molar-refractivity contribution in [1.82, 2.24) is 14.1 Å². The number of nitrogen functional groups attached to an aromatic ring is 1. The summed E-state index contributed by atoms with van der Waals surface area (Å²) in [5.74, 6) is 0.00763. The van der Waals surface area contributed by atoms with Gasteiger partial charge in [0.25, 0.3) is 0 Å². The number of aryl methyl sites for hydroxylation is 1. The Morgan fingerprint density at radius 2 is 2.35 bits per heavy atom. The summed E-state index contributed by atoms with van der Waals surface area (Å²) in [6.45, 7) is 2.85. The number of sulfonamides is 1. The van der Waals surface area contributed by atoms with Crippen molar-refractivity contribution in [2.75, 3.05) is 18.8 Å². The number of aromatic nitrogens is 2. The molecule has 0 aromatic carbocycles. The summed E-state index contributed by atoms with van der Waals surface area (Å²) in [6, 6.07) is 0. The van der Waals surface area contributed by atoms with Gasteiger partial charge in [0, 0.05) is 25.8 Å². The molecule has 7 nitrogen and oxygen atoms in total. The molecule has 1 saturated heterocycles. The van der Waals surface area contributed by atoms with Gasteiger partial charge in [-0.25, -0.2) is 8.42 Å². The Morgan fingerprint density at radius 1 is 1.65 bits per heavy atom. The highest BCUT2D eigenvalue weighted by Crippen LogP contribution is 2.24. The smallest absolute Gasteiger partial charge is 0.248 e. The number of hydrogen-bond donors (Lipinski definition) is 2. The highest BCUT2D eigenvalue weighted by atomic mass is 32.2. The molecule has 17 heavy (non-hydrogen) atoms. The lowest BCUT2D eigenvalue weighted by Crippen LogP contribution is -2.30. The third kappa shape index (κ3) is 2.15. The van der Waals surface area contributed by atoms with Crippen LogP contribution in [-0.4, -0.2) is 46.8 Å². The van der Waals surface area contributed by atoms with E-state index in [0.717, 1.165) is 0 Å². The van der Waals surface area contributed by atoms with E-state index in [9.17, 15) is 13.5 Å². The van der Waals surface area contributed by atoms with Gasteiger partial charge in [0.05, 0.1) is 6.10 Å². The van der Waals surface area contributed by atoms with Crippen molar-refractivity contribution in [3.63, 3.8) is 0 Å². The second-order valence-corrected chi connectivity index (χ2v) is 5.95. The molecule has 0 aliphatic carbocycles. The first kappa shape index (κ1) is 12.3. The first-order valence-electron chi connectivity index (χ1n) is 5.46. The van der Waals surface area contributed by atoms with E-state index in [1.54, 1.807) is 0 Å². The fraction of sp³-hybridized carbons (Fsp3) is 0.667. The maximum absolute atomic E-state index is 12.2. The van der Waals surface area contributed by atoms with E-state index in [-0.39, 0.29) is 17.3 Å². The molecule has 1 aromatic heterocycles. The number of β-amino-alcohol motifs (C(OH)–C–C–N with tert-alkyl or cyclic N) is 1. The van der Waals surface area contributed by atoms with E-state index in [1.165, 1.54) is 15.2 Å². The van der Waals surface area contributed by atoms with Gasteiger partial charge in [0.15, 0.2) is 5.82 Å². The summed E-state index contributed by atoms with van der Waals surface area (Å²) in [6.07, 6.45) is 1.29. The van der Waals surface area contributed by atoms with Gasteiger partial charge < -0.3 is 10.8 Å². The zero-order chi connectivity index (χ0) is 12.6. The van der Waals surface area contributed by atoms with Crippen LogP contribution >= 0.6 is 0 Å². The second kappa shape index (κ2) is 4.28. The lowest BCUT2D eigenvalue weighted by atomic mass is 10.3. The van der Waals surface area contributed by atoms with Crippen LogP contribution in [0.3, 0.4) is 0 Å². The van der Waals surface area contributed by atoms with Crippen molar-refractivity contribution in [3.8, 4) is 0 Å². The summed E-state index contributed by atoms with van der Waals surface area (Å²) in [5, 5.41) is 13.3. The van der Waals surface area contributed by atoms with Gasteiger partial charge in [-0.3, -0.25) is 4.68 Å². The van der Waals surface area contributed by atoms with Crippen molar-refractivity contribution in [3.05, 3.63) is 6.20 Å². The van der Waals surface area contributed by atoms with Crippen LogP contribution in [0.5, 0.6) is 0 Å². The van der Waals surface area contributed by atoms with Crippen LogP contribution in [0.2, 0.25) is 0 Å². The molecule has 2 rings (SSSR count). The average Bonchev–Trinajstić information content (AvgIpc) is 2.85. The van der Waals surface area contributed by atoms with Crippen molar-refractivity contribution in [2.45, 2.75) is 30.9 Å². The predicted molar refractivity (Wildman–Crippen MR) is 61.7 cm³/mol. The number of aliphatic hydroxyl groups is 1. The monoisotopic (exact) mass is 260 g/mol. The molecule has 3 N–H and O–H groups in total. The summed E-state index contributed by atoms with van der Waals surface area (Å²) >= 11 is 0. The van der Waals surface area contributed by atoms with E-state index in [2.05, 4.69) is 5.10 Å². The molecule has 0 bridgehead atoms. The second-order valence-electron chi connectivity index (χ2n) is 4.04. The van der Waals surface area contributed by atoms with E-state index in [0.29, 0.717) is 19.5 Å². The number of anilines is 1. The fourth-order valence-electron chi connectivity index (χ4n) is 1.85. The topological polar surface area (TPSA) is 101 Å². The minimum atomic E-state index is -3.63. The van der Waals surface area contributed by atoms with Crippen LogP contribution in [-0.2, 0) is 16.6 Å². The standard InChI is InChI=1S/C9H16N4O3S/c1-2-12-6-8(9(10)11-12)17(15,16)13-4-3-7(14)5-13/h6-7,14H,2-5H2,1H3,(H2,10,11). The molecule has 0 radical (unpaired) electrons. The van der Waals surface area contributed by atoms with Crippen LogP contribution in [0.1, 0.15) is 13.3 Å². The Balaban J connectivity index is 2.34. The van der Waals surface area contributed by atoms with Crippen molar-refractivity contribution in [2.24, 2.45) is 0 Å². The van der Waals surface area contributed by atoms with Crippen LogP contribution < -0.4 is 5.73 Å². The summed E-state index contributed by atoms with van der Waals surface area (Å²) in [4.78, 5) is 0.0217. The van der Waals surface area contributed by atoms with Crippen LogP contribution in [0.4, 0.5) is 5.82 Å². The minimum Gasteiger partial charge on any atom is -0.392 e. The van der Waals surface area contributed by atoms with Crippen LogP contribution in [0.15, 0.2) is 11.1 Å². The van der Waals surface area contributed by atoms with Crippen molar-refractivity contribution < 1.29 is 13.5 Å². The number of rotatable bonds is 3. The summed E-state index contributed by atoms with van der Waals surface area (Å²) in [7, 11) is -3.63. The third-order valence-electron chi connectivity index (χ3n) is 2.82. The van der Waals surface area contributed by atoms with E-state index >= 15 is 0 Å². The van der Waals surface area contributed by atoms with Crippen LogP contribution in [0.25, 0.3) is 0 Å². The molecule has 1 aromatic rings. The third-order valence-corrected chi connectivity index (χ3v) is 4.70. The Bertz CT molecular complexity index is 510. The van der Waals surface area contributed by atoms with E-state index in [4.69, 9.17) is 5.73 Å². The van der Waals surface area contributed by atoms with E-state index < -0.39 is 16.1 Å². The maximum atomic E-state index is 12.2. The van der Waals surface area contributed by atoms with Gasteiger partial charge in [-0.2, -0.15) is 9.40 Å². The molecule has 1 atom stereocenters. The lowest BCUT2D eigenvalue weighted by molar-refractivity contribution is 0.189. The Hall–Kier alpha value is -1.12. The Morgan fingerprint density at radius 3 is 2.82 bits per heavy atom. The zero-order valence-electron chi connectivity index (χ0n) is 9.57. The maximum Gasteiger partial charge on any atom is 0.248 e. The first-order valence-corrected chi connectivity index (χ1v) is 6.90. The van der Waals surface area contributed by atoms with Crippen LogP contribution in [0, 0.1) is 0 Å². The largest absolute Gasteiger partial charge is 0.392 e. The molecule has 0 spiro atoms. The molecular formula is C9H16N4O3S. The molecular weight excluding hydrogens is 244 g/mol. The van der Waals surface area contributed by atoms with Gasteiger partial charge >= 0.3 is 0 Å². The van der Waals surface area contributed by atoms with Gasteiger partial charge in [-0.15, -0.1) is 0 Å². The lowest BCUT2D eigenvalue weighted by Gasteiger charge is -2.14. The van der Waals surface area contributed by atoms with E-state index in [1.807, 2.05) is 6.92 Å². The van der Waals surface area contributed by atoms with Crippen molar-refractivity contribution >= 4 is 15.8 Å². The van der Waals surface area contributed by atoms with Gasteiger partial charge in [0.2, 0.25) is 10.0 Å².